The number of hydrogen-bond donors (Lipinski definition) is 1. The van der Waals surface area contributed by atoms with Crippen LogP contribution in [0.3, 0.4) is 0 Å². The molecule has 100 valence electrons. The molecule has 0 fully saturated rings. The first-order chi connectivity index (χ1) is 9.13. The van der Waals surface area contributed by atoms with Crippen LogP contribution in [0.5, 0.6) is 0 Å². The average Bonchev–Trinajstić information content (AvgIpc) is 2.41. The van der Waals surface area contributed by atoms with Gasteiger partial charge in [0.1, 0.15) is 0 Å². The Hall–Kier alpha value is -2.01. The highest BCUT2D eigenvalue weighted by Gasteiger charge is 2.17. The highest BCUT2D eigenvalue weighted by Crippen LogP contribution is 2.20. The Kier molecular flexibility index (Phi) is 4.06. The van der Waals surface area contributed by atoms with Crippen molar-refractivity contribution in [3.63, 3.8) is 0 Å². The van der Waals surface area contributed by atoms with Crippen molar-refractivity contribution < 1.29 is 8.78 Å². The summed E-state index contributed by atoms with van der Waals surface area (Å²) in [5.74, 6) is -1.77. The SMILES string of the molecule is CNC(Cn1ccccc1=O)c1cccc(F)c1F. The Morgan fingerprint density at radius 3 is 2.68 bits per heavy atom. The third-order valence-corrected chi connectivity index (χ3v) is 2.98. The van der Waals surface area contributed by atoms with Crippen molar-refractivity contribution in [3.05, 3.63) is 70.1 Å². The second-order valence-electron chi connectivity index (χ2n) is 4.18. The van der Waals surface area contributed by atoms with Crippen LogP contribution >= 0.6 is 0 Å². The van der Waals surface area contributed by atoms with Crippen LogP contribution in [-0.2, 0) is 6.54 Å². The molecule has 0 aliphatic carbocycles. The van der Waals surface area contributed by atoms with Crippen LogP contribution in [-0.4, -0.2) is 11.6 Å². The summed E-state index contributed by atoms with van der Waals surface area (Å²) in [6, 6.07) is 8.33. The van der Waals surface area contributed by atoms with Crippen LogP contribution in [0.2, 0.25) is 0 Å². The van der Waals surface area contributed by atoms with Gasteiger partial charge in [0, 0.05) is 24.4 Å². The molecule has 1 heterocycles. The Labute approximate surface area is 109 Å². The summed E-state index contributed by atoms with van der Waals surface area (Å²) in [6.07, 6.45) is 1.61. The predicted octanol–water partition coefficient (Wildman–Crippen LogP) is 2.09. The summed E-state index contributed by atoms with van der Waals surface area (Å²) in [7, 11) is 1.64. The standard InChI is InChI=1S/C14H14F2N2O/c1-17-12(9-18-8-3-2-7-13(18)19)10-5-4-6-11(15)14(10)16/h2-8,12,17H,9H2,1H3. The first-order valence-electron chi connectivity index (χ1n) is 5.90. The molecule has 1 unspecified atom stereocenters. The third kappa shape index (κ3) is 2.88. The molecule has 0 aliphatic rings. The number of hydrogen-bond acceptors (Lipinski definition) is 2. The molecule has 0 amide bonds. The number of benzene rings is 1. The zero-order chi connectivity index (χ0) is 13.8. The first kappa shape index (κ1) is 13.4. The molecular weight excluding hydrogens is 250 g/mol. The normalized spacial score (nSPS) is 12.4. The van der Waals surface area contributed by atoms with E-state index in [0.29, 0.717) is 0 Å². The lowest BCUT2D eigenvalue weighted by Gasteiger charge is -2.18. The molecule has 2 aromatic rings. The summed E-state index contributed by atoms with van der Waals surface area (Å²) in [4.78, 5) is 11.6. The molecule has 0 bridgehead atoms. The lowest BCUT2D eigenvalue weighted by Crippen LogP contribution is -2.28. The maximum Gasteiger partial charge on any atom is 0.250 e. The molecule has 1 atom stereocenters. The highest BCUT2D eigenvalue weighted by atomic mass is 19.2. The number of nitrogens with one attached hydrogen (secondary N) is 1. The topological polar surface area (TPSA) is 34.0 Å². The van der Waals surface area contributed by atoms with Crippen molar-refractivity contribution in [1.82, 2.24) is 9.88 Å². The van der Waals surface area contributed by atoms with Gasteiger partial charge in [-0.05, 0) is 19.2 Å². The van der Waals surface area contributed by atoms with Gasteiger partial charge < -0.3 is 9.88 Å². The molecule has 0 aliphatic heterocycles. The summed E-state index contributed by atoms with van der Waals surface area (Å²) in [6.45, 7) is 0.233. The van der Waals surface area contributed by atoms with E-state index >= 15 is 0 Å². The van der Waals surface area contributed by atoms with Gasteiger partial charge in [0.2, 0.25) is 0 Å². The van der Waals surface area contributed by atoms with E-state index in [2.05, 4.69) is 5.32 Å². The molecule has 0 spiro atoms. The smallest absolute Gasteiger partial charge is 0.250 e. The van der Waals surface area contributed by atoms with Crippen LogP contribution in [0, 0.1) is 11.6 Å². The molecule has 0 saturated carbocycles. The van der Waals surface area contributed by atoms with Crippen molar-refractivity contribution in [2.24, 2.45) is 0 Å². The number of pyridine rings is 1. The minimum Gasteiger partial charge on any atom is -0.314 e. The van der Waals surface area contributed by atoms with E-state index in [4.69, 9.17) is 0 Å². The minimum absolute atomic E-state index is 0.181. The van der Waals surface area contributed by atoms with E-state index in [9.17, 15) is 13.6 Å². The molecule has 1 aromatic carbocycles. The molecule has 19 heavy (non-hydrogen) atoms. The quantitative estimate of drug-likeness (QED) is 0.917. The lowest BCUT2D eigenvalue weighted by atomic mass is 10.1. The Morgan fingerprint density at radius 1 is 1.21 bits per heavy atom. The molecule has 0 radical (unpaired) electrons. The largest absolute Gasteiger partial charge is 0.314 e. The molecule has 2 rings (SSSR count). The number of likely N-dealkylation sites (N-methyl/N-ethyl adjacent to an activating group) is 1. The Balaban J connectivity index is 2.33. The summed E-state index contributed by atoms with van der Waals surface area (Å²) < 4.78 is 28.4. The minimum atomic E-state index is -0.891. The summed E-state index contributed by atoms with van der Waals surface area (Å²) in [5.41, 5.74) is 0.0258. The van der Waals surface area contributed by atoms with Gasteiger partial charge in [-0.1, -0.05) is 18.2 Å². The van der Waals surface area contributed by atoms with Gasteiger partial charge in [0.15, 0.2) is 11.6 Å². The van der Waals surface area contributed by atoms with E-state index in [1.807, 2.05) is 0 Å². The molecule has 3 nitrogen and oxygen atoms in total. The van der Waals surface area contributed by atoms with Crippen LogP contribution in [0.1, 0.15) is 11.6 Å². The molecule has 5 heteroatoms. The van der Waals surface area contributed by atoms with Gasteiger partial charge in [-0.2, -0.15) is 0 Å². The fraction of sp³-hybridized carbons (Fsp3) is 0.214. The Morgan fingerprint density at radius 2 is 2.00 bits per heavy atom. The zero-order valence-corrected chi connectivity index (χ0v) is 10.4. The van der Waals surface area contributed by atoms with Crippen molar-refractivity contribution in [3.8, 4) is 0 Å². The number of nitrogens with zero attached hydrogens (tertiary/aromatic N) is 1. The fourth-order valence-electron chi connectivity index (χ4n) is 1.94. The van der Waals surface area contributed by atoms with E-state index in [1.165, 1.54) is 22.8 Å². The lowest BCUT2D eigenvalue weighted by molar-refractivity contribution is 0.442. The summed E-state index contributed by atoms with van der Waals surface area (Å²) in [5, 5.41) is 2.90. The van der Waals surface area contributed by atoms with E-state index in [1.54, 1.807) is 25.4 Å². The second kappa shape index (κ2) is 5.75. The maximum absolute atomic E-state index is 13.7. The van der Waals surface area contributed by atoms with Gasteiger partial charge in [-0.3, -0.25) is 4.79 Å². The van der Waals surface area contributed by atoms with Crippen molar-refractivity contribution in [2.75, 3.05) is 7.05 Å². The van der Waals surface area contributed by atoms with Crippen LogP contribution in [0.4, 0.5) is 8.78 Å². The number of halogens is 2. The first-order valence-corrected chi connectivity index (χ1v) is 5.90. The van der Waals surface area contributed by atoms with E-state index in [0.717, 1.165) is 6.07 Å². The molecule has 1 N–H and O–H groups in total. The zero-order valence-electron chi connectivity index (χ0n) is 10.4. The van der Waals surface area contributed by atoms with Crippen molar-refractivity contribution >= 4 is 0 Å². The molecule has 1 aromatic heterocycles. The Bertz CT molecular complexity index is 625. The van der Waals surface area contributed by atoms with E-state index in [-0.39, 0.29) is 17.7 Å². The van der Waals surface area contributed by atoms with Crippen molar-refractivity contribution in [2.45, 2.75) is 12.6 Å². The van der Waals surface area contributed by atoms with Crippen LogP contribution < -0.4 is 10.9 Å². The van der Waals surface area contributed by atoms with Gasteiger partial charge in [0.25, 0.3) is 5.56 Å². The highest BCUT2D eigenvalue weighted by molar-refractivity contribution is 5.22. The molecule has 0 saturated heterocycles. The van der Waals surface area contributed by atoms with Crippen LogP contribution in [0.25, 0.3) is 0 Å². The second-order valence-corrected chi connectivity index (χ2v) is 4.18. The number of rotatable bonds is 4. The van der Waals surface area contributed by atoms with Gasteiger partial charge in [-0.15, -0.1) is 0 Å². The number of aromatic nitrogens is 1. The van der Waals surface area contributed by atoms with Gasteiger partial charge >= 0.3 is 0 Å². The van der Waals surface area contributed by atoms with E-state index < -0.39 is 17.7 Å². The van der Waals surface area contributed by atoms with Gasteiger partial charge in [-0.25, -0.2) is 8.78 Å². The monoisotopic (exact) mass is 264 g/mol. The maximum atomic E-state index is 13.7. The third-order valence-electron chi connectivity index (χ3n) is 2.98. The van der Waals surface area contributed by atoms with Crippen LogP contribution in [0.15, 0.2) is 47.4 Å². The predicted molar refractivity (Wildman–Crippen MR) is 68.9 cm³/mol. The fourth-order valence-corrected chi connectivity index (χ4v) is 1.94. The van der Waals surface area contributed by atoms with Gasteiger partial charge in [0.05, 0.1) is 6.04 Å². The molecular formula is C14H14F2N2O. The van der Waals surface area contributed by atoms with Crippen molar-refractivity contribution in [1.29, 1.82) is 0 Å². The average molecular weight is 264 g/mol. The summed E-state index contributed by atoms with van der Waals surface area (Å²) >= 11 is 0.